The molecule has 0 radical (unpaired) electrons. The van der Waals surface area contributed by atoms with Crippen molar-refractivity contribution in [2.45, 2.75) is 42.7 Å². The second-order valence-electron chi connectivity index (χ2n) is 8.01. The van der Waals surface area contributed by atoms with E-state index >= 15 is 0 Å². The molecule has 9 heteroatoms. The minimum absolute atomic E-state index is 0.0288. The number of rotatable bonds is 5. The third kappa shape index (κ3) is 2.92. The maximum Gasteiger partial charge on any atom is 0.330 e. The highest BCUT2D eigenvalue weighted by Crippen LogP contribution is 2.52. The Bertz CT molecular complexity index is 1070. The summed E-state index contributed by atoms with van der Waals surface area (Å²) in [6, 6.07) is 12.5. The quantitative estimate of drug-likeness (QED) is 0.560. The molecule has 2 aromatic rings. The molecule has 3 heterocycles. The zero-order valence-corrected chi connectivity index (χ0v) is 17.3. The van der Waals surface area contributed by atoms with Gasteiger partial charge in [0.05, 0.1) is 10.4 Å². The standard InChI is InChI=1S/C21H22N2O6S/c1-21(2)17(20(26)29-12-13-8-4-3-5-9-13)23-18(25)15(19(23)30(21,27)28)16(24)14-10-6-7-11-22-14/h3-11,15-17,19,24H,12H2,1-2H3/t15-,16+,17+,19-/m1/s1. The van der Waals surface area contributed by atoms with Gasteiger partial charge in [0.1, 0.15) is 30.0 Å². The number of hydrogen-bond acceptors (Lipinski definition) is 7. The number of ether oxygens (including phenoxy) is 1. The Morgan fingerprint density at radius 1 is 1.20 bits per heavy atom. The van der Waals surface area contributed by atoms with E-state index in [1.54, 1.807) is 36.4 Å². The Morgan fingerprint density at radius 3 is 2.50 bits per heavy atom. The highest BCUT2D eigenvalue weighted by atomic mass is 32.2. The van der Waals surface area contributed by atoms with Gasteiger partial charge in [-0.15, -0.1) is 0 Å². The Hall–Kier alpha value is -2.78. The van der Waals surface area contributed by atoms with E-state index in [2.05, 4.69) is 4.98 Å². The molecule has 0 saturated carbocycles. The fourth-order valence-electron chi connectivity index (χ4n) is 4.16. The van der Waals surface area contributed by atoms with Gasteiger partial charge >= 0.3 is 5.97 Å². The Morgan fingerprint density at radius 2 is 1.87 bits per heavy atom. The van der Waals surface area contributed by atoms with Crippen molar-refractivity contribution in [2.24, 2.45) is 5.92 Å². The minimum atomic E-state index is -3.96. The van der Waals surface area contributed by atoms with Crippen LogP contribution < -0.4 is 0 Å². The maximum atomic E-state index is 13.2. The van der Waals surface area contributed by atoms with Gasteiger partial charge in [0, 0.05) is 6.20 Å². The molecule has 2 fully saturated rings. The summed E-state index contributed by atoms with van der Waals surface area (Å²) in [5.41, 5.74) is 0.957. The largest absolute Gasteiger partial charge is 0.459 e. The zero-order valence-electron chi connectivity index (χ0n) is 16.5. The fraction of sp³-hybridized carbons (Fsp3) is 0.381. The molecule has 2 aliphatic heterocycles. The van der Waals surface area contributed by atoms with Crippen LogP contribution in [0, 0.1) is 5.92 Å². The molecule has 2 saturated heterocycles. The van der Waals surface area contributed by atoms with Crippen molar-refractivity contribution in [3.05, 3.63) is 66.0 Å². The van der Waals surface area contributed by atoms with Crippen molar-refractivity contribution in [3.8, 4) is 0 Å². The molecule has 1 aromatic heterocycles. The van der Waals surface area contributed by atoms with E-state index in [1.807, 2.05) is 6.07 Å². The SMILES string of the molecule is CC1(C)[C@H](C(=O)OCc2ccccc2)N2C(=O)[C@@H]([C@@H](O)c3ccccn3)[C@H]2S1(=O)=O. The summed E-state index contributed by atoms with van der Waals surface area (Å²) in [6.45, 7) is 2.79. The van der Waals surface area contributed by atoms with Crippen LogP contribution in [-0.2, 0) is 30.8 Å². The van der Waals surface area contributed by atoms with E-state index in [9.17, 15) is 23.1 Å². The van der Waals surface area contributed by atoms with Crippen molar-refractivity contribution < 1.29 is 27.9 Å². The number of pyridine rings is 1. The first kappa shape index (κ1) is 20.5. The number of benzene rings is 1. The van der Waals surface area contributed by atoms with E-state index < -0.39 is 49.9 Å². The number of esters is 1. The predicted octanol–water partition coefficient (Wildman–Crippen LogP) is 1.22. The van der Waals surface area contributed by atoms with Gasteiger partial charge in [-0.1, -0.05) is 36.4 Å². The second-order valence-corrected chi connectivity index (χ2v) is 10.6. The lowest BCUT2D eigenvalue weighted by Gasteiger charge is -2.44. The van der Waals surface area contributed by atoms with Gasteiger partial charge in [-0.05, 0) is 31.5 Å². The number of amides is 1. The molecule has 1 amide bonds. The summed E-state index contributed by atoms with van der Waals surface area (Å²) in [7, 11) is -3.96. The van der Waals surface area contributed by atoms with Crippen LogP contribution in [0.3, 0.4) is 0 Å². The molecule has 1 N–H and O–H groups in total. The Kier molecular flexibility index (Phi) is 4.90. The molecule has 4 rings (SSSR count). The number of nitrogens with zero attached hydrogens (tertiary/aromatic N) is 2. The van der Waals surface area contributed by atoms with Crippen molar-refractivity contribution >= 4 is 21.7 Å². The first-order valence-electron chi connectivity index (χ1n) is 9.53. The Labute approximate surface area is 174 Å². The minimum Gasteiger partial charge on any atom is -0.459 e. The zero-order chi connectivity index (χ0) is 21.7. The molecule has 0 spiro atoms. The molecule has 2 aliphatic rings. The monoisotopic (exact) mass is 430 g/mol. The molecule has 158 valence electrons. The first-order chi connectivity index (χ1) is 14.2. The predicted molar refractivity (Wildman–Crippen MR) is 106 cm³/mol. The molecule has 0 bridgehead atoms. The van der Waals surface area contributed by atoms with Crippen molar-refractivity contribution in [1.29, 1.82) is 0 Å². The number of fused-ring (bicyclic) bond motifs is 1. The third-order valence-corrected chi connectivity index (χ3v) is 8.73. The van der Waals surface area contributed by atoms with Gasteiger partial charge in [-0.25, -0.2) is 13.2 Å². The lowest BCUT2D eigenvalue weighted by atomic mass is 9.86. The van der Waals surface area contributed by atoms with Gasteiger partial charge in [-0.2, -0.15) is 0 Å². The van der Waals surface area contributed by atoms with Crippen molar-refractivity contribution in [1.82, 2.24) is 9.88 Å². The van der Waals surface area contributed by atoms with Gasteiger partial charge in [0.2, 0.25) is 5.91 Å². The number of aromatic nitrogens is 1. The molecule has 4 atom stereocenters. The Balaban J connectivity index is 1.60. The van der Waals surface area contributed by atoms with Crippen molar-refractivity contribution in [3.63, 3.8) is 0 Å². The third-order valence-electron chi connectivity index (χ3n) is 5.89. The van der Waals surface area contributed by atoms with Crippen LogP contribution in [0.4, 0.5) is 0 Å². The average Bonchev–Trinajstić information content (AvgIpc) is 2.88. The molecule has 8 nitrogen and oxygen atoms in total. The molecular weight excluding hydrogens is 408 g/mol. The number of hydrogen-bond donors (Lipinski definition) is 1. The number of aliphatic hydroxyl groups excluding tert-OH is 1. The first-order valence-corrected chi connectivity index (χ1v) is 11.1. The molecular formula is C21H22N2O6S. The summed E-state index contributed by atoms with van der Waals surface area (Å²) >= 11 is 0. The van der Waals surface area contributed by atoms with Gasteiger partial charge in [0.15, 0.2) is 9.84 Å². The van der Waals surface area contributed by atoms with E-state index in [1.165, 1.54) is 26.1 Å². The summed E-state index contributed by atoms with van der Waals surface area (Å²) < 4.78 is 30.2. The maximum absolute atomic E-state index is 13.2. The lowest BCUT2D eigenvalue weighted by molar-refractivity contribution is -0.172. The normalized spacial score (nSPS) is 27.1. The number of carbonyl (C=O) groups excluding carboxylic acids is 2. The van der Waals surface area contributed by atoms with Crippen LogP contribution in [0.25, 0.3) is 0 Å². The smallest absolute Gasteiger partial charge is 0.330 e. The average molecular weight is 430 g/mol. The van der Waals surface area contributed by atoms with Gasteiger partial charge in [-0.3, -0.25) is 9.78 Å². The van der Waals surface area contributed by atoms with Crippen LogP contribution in [0.2, 0.25) is 0 Å². The van der Waals surface area contributed by atoms with E-state index in [0.29, 0.717) is 0 Å². The van der Waals surface area contributed by atoms with Crippen LogP contribution in [0.5, 0.6) is 0 Å². The highest BCUT2D eigenvalue weighted by Gasteiger charge is 2.73. The van der Waals surface area contributed by atoms with Crippen molar-refractivity contribution in [2.75, 3.05) is 0 Å². The molecule has 1 aromatic carbocycles. The summed E-state index contributed by atoms with van der Waals surface area (Å²) in [5, 5.41) is 9.35. The number of carbonyl (C=O) groups is 2. The van der Waals surface area contributed by atoms with Gasteiger partial charge in [0.25, 0.3) is 0 Å². The van der Waals surface area contributed by atoms with Crippen LogP contribution in [0.1, 0.15) is 31.2 Å². The van der Waals surface area contributed by atoms with E-state index in [0.717, 1.165) is 10.5 Å². The van der Waals surface area contributed by atoms with Crippen LogP contribution in [-0.4, -0.2) is 51.4 Å². The van der Waals surface area contributed by atoms with Crippen LogP contribution in [0.15, 0.2) is 54.7 Å². The molecule has 0 unspecified atom stereocenters. The summed E-state index contributed by atoms with van der Waals surface area (Å²) in [5.74, 6) is -2.60. The number of β-lactam (4-membered cyclic amide) rings is 1. The summed E-state index contributed by atoms with van der Waals surface area (Å²) in [6.07, 6.45) is 0.0700. The topological polar surface area (TPSA) is 114 Å². The lowest BCUT2D eigenvalue weighted by Crippen LogP contribution is -2.65. The highest BCUT2D eigenvalue weighted by molar-refractivity contribution is 7.93. The van der Waals surface area contributed by atoms with E-state index in [4.69, 9.17) is 4.74 Å². The fourth-order valence-corrected chi connectivity index (χ4v) is 6.48. The summed E-state index contributed by atoms with van der Waals surface area (Å²) in [4.78, 5) is 30.8. The second kappa shape index (κ2) is 7.17. The van der Waals surface area contributed by atoms with Gasteiger partial charge < -0.3 is 14.7 Å². The van der Waals surface area contributed by atoms with Crippen LogP contribution >= 0.6 is 0 Å². The molecule has 0 aliphatic carbocycles. The van der Waals surface area contributed by atoms with E-state index in [-0.39, 0.29) is 12.3 Å². The number of sulfone groups is 1. The molecule has 30 heavy (non-hydrogen) atoms. The number of aliphatic hydroxyl groups is 1.